The van der Waals surface area contributed by atoms with E-state index in [1.807, 2.05) is 25.1 Å². The fourth-order valence-corrected chi connectivity index (χ4v) is 2.93. The van der Waals surface area contributed by atoms with Crippen molar-refractivity contribution in [1.82, 2.24) is 0 Å². The van der Waals surface area contributed by atoms with Gasteiger partial charge in [0.2, 0.25) is 0 Å². The van der Waals surface area contributed by atoms with Crippen molar-refractivity contribution in [1.29, 1.82) is 0 Å². The van der Waals surface area contributed by atoms with Crippen LogP contribution in [0, 0.1) is 12.7 Å². The Kier molecular flexibility index (Phi) is 4.76. The number of rotatable bonds is 3. The number of aliphatic hydroxyl groups is 1. The lowest BCUT2D eigenvalue weighted by molar-refractivity contribution is 0.177. The monoisotopic (exact) mass is 386 g/mol. The summed E-state index contributed by atoms with van der Waals surface area (Å²) in [4.78, 5) is 0. The highest BCUT2D eigenvalue weighted by atomic mass is 79.9. The fourth-order valence-electron chi connectivity index (χ4n) is 1.97. The molecule has 1 nitrogen and oxygen atoms in total. The van der Waals surface area contributed by atoms with Crippen molar-refractivity contribution >= 4 is 31.9 Å². The zero-order valence-corrected chi connectivity index (χ0v) is 13.5. The Labute approximate surface area is 128 Å². The summed E-state index contributed by atoms with van der Waals surface area (Å²) in [5, 5.41) is 10.2. The molecule has 0 aliphatic rings. The van der Waals surface area contributed by atoms with Gasteiger partial charge in [0.15, 0.2) is 0 Å². The van der Waals surface area contributed by atoms with Crippen LogP contribution < -0.4 is 0 Å². The van der Waals surface area contributed by atoms with Gasteiger partial charge in [-0.1, -0.05) is 44.0 Å². The number of benzene rings is 2. The second kappa shape index (κ2) is 6.16. The summed E-state index contributed by atoms with van der Waals surface area (Å²) in [5.74, 6) is -0.305. The summed E-state index contributed by atoms with van der Waals surface area (Å²) in [5.41, 5.74) is 2.35. The Balaban J connectivity index is 2.22. The van der Waals surface area contributed by atoms with Gasteiger partial charge in [-0.2, -0.15) is 0 Å². The Morgan fingerprint density at radius 1 is 1.11 bits per heavy atom. The Bertz CT molecular complexity index is 578. The van der Waals surface area contributed by atoms with Gasteiger partial charge in [-0.3, -0.25) is 0 Å². The predicted molar refractivity (Wildman–Crippen MR) is 81.6 cm³/mol. The number of hydrogen-bond donors (Lipinski definition) is 1. The minimum Gasteiger partial charge on any atom is -0.388 e. The van der Waals surface area contributed by atoms with Gasteiger partial charge in [0.25, 0.3) is 0 Å². The van der Waals surface area contributed by atoms with E-state index >= 15 is 0 Å². The van der Waals surface area contributed by atoms with Gasteiger partial charge >= 0.3 is 0 Å². The molecule has 1 unspecified atom stereocenters. The molecule has 2 aromatic carbocycles. The molecule has 0 aliphatic carbocycles. The van der Waals surface area contributed by atoms with Crippen LogP contribution in [0.25, 0.3) is 0 Å². The van der Waals surface area contributed by atoms with E-state index in [0.29, 0.717) is 10.0 Å². The summed E-state index contributed by atoms with van der Waals surface area (Å²) in [6.45, 7) is 1.96. The molecule has 0 aliphatic heterocycles. The van der Waals surface area contributed by atoms with E-state index < -0.39 is 6.10 Å². The lowest BCUT2D eigenvalue weighted by Gasteiger charge is -2.13. The number of hydrogen-bond acceptors (Lipinski definition) is 1. The van der Waals surface area contributed by atoms with E-state index in [9.17, 15) is 9.50 Å². The average Bonchev–Trinajstić information content (AvgIpc) is 2.31. The molecular formula is C15H13Br2FO. The van der Waals surface area contributed by atoms with E-state index in [1.54, 1.807) is 12.1 Å². The predicted octanol–water partition coefficient (Wildman–Crippen LogP) is 4.94. The SMILES string of the molecule is Cc1cc(Br)cc(C(O)Cc2ccc(Br)cc2F)c1. The van der Waals surface area contributed by atoms with Gasteiger partial charge < -0.3 is 5.11 Å². The van der Waals surface area contributed by atoms with Crippen molar-refractivity contribution in [3.8, 4) is 0 Å². The zero-order chi connectivity index (χ0) is 14.0. The van der Waals surface area contributed by atoms with Crippen LogP contribution in [-0.2, 0) is 6.42 Å². The number of aryl methyl sites for hydroxylation is 1. The van der Waals surface area contributed by atoms with Crippen LogP contribution in [-0.4, -0.2) is 5.11 Å². The minimum atomic E-state index is -0.716. The second-order valence-corrected chi connectivity index (χ2v) is 6.35. The minimum absolute atomic E-state index is 0.259. The standard InChI is InChI=1S/C15H13Br2FO/c1-9-4-11(6-13(17)5-9)15(19)7-10-2-3-12(16)8-14(10)18/h2-6,8,15,19H,7H2,1H3. The van der Waals surface area contributed by atoms with Crippen LogP contribution in [0.2, 0.25) is 0 Å². The number of halogens is 3. The normalized spacial score (nSPS) is 12.5. The highest BCUT2D eigenvalue weighted by Gasteiger charge is 2.13. The van der Waals surface area contributed by atoms with Gasteiger partial charge in [0.1, 0.15) is 5.82 Å². The molecule has 0 heterocycles. The van der Waals surface area contributed by atoms with Crippen molar-refractivity contribution in [2.45, 2.75) is 19.4 Å². The quantitative estimate of drug-likeness (QED) is 0.791. The molecule has 0 aromatic heterocycles. The lowest BCUT2D eigenvalue weighted by atomic mass is 10.00. The first-order valence-electron chi connectivity index (χ1n) is 5.85. The molecule has 0 radical (unpaired) electrons. The topological polar surface area (TPSA) is 20.2 Å². The van der Waals surface area contributed by atoms with Crippen molar-refractivity contribution in [2.24, 2.45) is 0 Å². The third-order valence-corrected chi connectivity index (χ3v) is 3.83. The molecule has 4 heteroatoms. The van der Waals surface area contributed by atoms with E-state index in [4.69, 9.17) is 0 Å². The zero-order valence-electron chi connectivity index (χ0n) is 10.3. The van der Waals surface area contributed by atoms with Gasteiger partial charge in [-0.25, -0.2) is 4.39 Å². The molecule has 19 heavy (non-hydrogen) atoms. The third kappa shape index (κ3) is 3.88. The van der Waals surface area contributed by atoms with Crippen molar-refractivity contribution in [3.05, 3.63) is 67.9 Å². The van der Waals surface area contributed by atoms with Crippen LogP contribution in [0.4, 0.5) is 4.39 Å². The highest BCUT2D eigenvalue weighted by Crippen LogP contribution is 2.25. The smallest absolute Gasteiger partial charge is 0.127 e. The molecule has 0 bridgehead atoms. The largest absolute Gasteiger partial charge is 0.388 e. The van der Waals surface area contributed by atoms with E-state index in [-0.39, 0.29) is 12.2 Å². The van der Waals surface area contributed by atoms with E-state index in [1.165, 1.54) is 6.07 Å². The van der Waals surface area contributed by atoms with Crippen LogP contribution in [0.5, 0.6) is 0 Å². The first-order chi connectivity index (χ1) is 8.95. The number of aliphatic hydroxyl groups excluding tert-OH is 1. The maximum atomic E-state index is 13.7. The van der Waals surface area contributed by atoms with Crippen LogP contribution in [0.15, 0.2) is 45.3 Å². The van der Waals surface area contributed by atoms with Crippen LogP contribution in [0.1, 0.15) is 22.8 Å². The second-order valence-electron chi connectivity index (χ2n) is 4.52. The molecule has 1 N–H and O–H groups in total. The Morgan fingerprint density at radius 3 is 2.47 bits per heavy atom. The average molecular weight is 388 g/mol. The third-order valence-electron chi connectivity index (χ3n) is 2.88. The summed E-state index contributed by atoms with van der Waals surface area (Å²) >= 11 is 6.62. The molecule has 1 atom stereocenters. The Hall–Kier alpha value is -0.710. The summed E-state index contributed by atoms with van der Waals surface area (Å²) in [6.07, 6.45) is -0.457. The van der Waals surface area contributed by atoms with Crippen LogP contribution in [0.3, 0.4) is 0 Å². The molecule has 0 saturated carbocycles. The molecular weight excluding hydrogens is 375 g/mol. The van der Waals surface area contributed by atoms with Gasteiger partial charge in [-0.15, -0.1) is 0 Å². The van der Waals surface area contributed by atoms with Crippen molar-refractivity contribution in [2.75, 3.05) is 0 Å². The van der Waals surface area contributed by atoms with Crippen molar-refractivity contribution < 1.29 is 9.50 Å². The maximum absolute atomic E-state index is 13.7. The van der Waals surface area contributed by atoms with Crippen molar-refractivity contribution in [3.63, 3.8) is 0 Å². The van der Waals surface area contributed by atoms with Gasteiger partial charge in [-0.05, 0) is 47.9 Å². The molecule has 0 saturated heterocycles. The van der Waals surface area contributed by atoms with Gasteiger partial charge in [0.05, 0.1) is 6.10 Å². The molecule has 0 fully saturated rings. The molecule has 2 aromatic rings. The molecule has 100 valence electrons. The summed E-state index contributed by atoms with van der Waals surface area (Å²) in [6, 6.07) is 10.6. The lowest BCUT2D eigenvalue weighted by Crippen LogP contribution is -2.04. The first kappa shape index (κ1) is 14.7. The molecule has 0 spiro atoms. The van der Waals surface area contributed by atoms with E-state index in [2.05, 4.69) is 31.9 Å². The van der Waals surface area contributed by atoms with Gasteiger partial charge in [0, 0.05) is 15.4 Å². The Morgan fingerprint density at radius 2 is 1.84 bits per heavy atom. The fraction of sp³-hybridized carbons (Fsp3) is 0.200. The van der Waals surface area contributed by atoms with Crippen LogP contribution >= 0.6 is 31.9 Å². The summed E-state index contributed by atoms with van der Waals surface area (Å²) < 4.78 is 15.3. The van der Waals surface area contributed by atoms with E-state index in [0.717, 1.165) is 15.6 Å². The highest BCUT2D eigenvalue weighted by molar-refractivity contribution is 9.10. The summed E-state index contributed by atoms with van der Waals surface area (Å²) in [7, 11) is 0. The molecule has 0 amide bonds. The maximum Gasteiger partial charge on any atom is 0.127 e. The molecule has 2 rings (SSSR count). The first-order valence-corrected chi connectivity index (χ1v) is 7.43.